The maximum atomic E-state index is 12.4. The average molecular weight is 310 g/mol. The highest BCUT2D eigenvalue weighted by Crippen LogP contribution is 2.47. The number of amides is 1. The Balaban J connectivity index is 1.61. The minimum absolute atomic E-state index is 0.0709. The highest BCUT2D eigenvalue weighted by molar-refractivity contribution is 5.88. The van der Waals surface area contributed by atoms with Crippen molar-refractivity contribution in [3.63, 3.8) is 0 Å². The van der Waals surface area contributed by atoms with Gasteiger partial charge in [-0.2, -0.15) is 5.26 Å². The Morgan fingerprint density at radius 3 is 2.17 bits per heavy atom. The molecule has 122 valence electrons. The standard InChI is InChI=1S/C20H26N2O/c1-19(2,3)17-6-4-15(5-7-17)16-8-12-22(13-9-16)18(23)20(14-21)10-11-20/h4-7,16H,8-13H2,1-3H3. The van der Waals surface area contributed by atoms with Crippen molar-refractivity contribution in [3.05, 3.63) is 35.4 Å². The molecule has 0 aromatic heterocycles. The molecule has 1 saturated carbocycles. The lowest BCUT2D eigenvalue weighted by molar-refractivity contribution is -0.136. The van der Waals surface area contributed by atoms with Crippen molar-refractivity contribution in [1.82, 2.24) is 4.90 Å². The van der Waals surface area contributed by atoms with Crippen LogP contribution in [-0.2, 0) is 10.2 Å². The lowest BCUT2D eigenvalue weighted by atomic mass is 9.83. The zero-order chi connectivity index (χ0) is 16.7. The monoisotopic (exact) mass is 310 g/mol. The van der Waals surface area contributed by atoms with E-state index in [-0.39, 0.29) is 11.3 Å². The summed E-state index contributed by atoms with van der Waals surface area (Å²) in [5.74, 6) is 0.604. The Hall–Kier alpha value is -1.82. The fourth-order valence-corrected chi connectivity index (χ4v) is 3.47. The summed E-state index contributed by atoms with van der Waals surface area (Å²) < 4.78 is 0. The van der Waals surface area contributed by atoms with Crippen molar-refractivity contribution in [1.29, 1.82) is 5.26 Å². The van der Waals surface area contributed by atoms with Crippen molar-refractivity contribution < 1.29 is 4.79 Å². The first-order chi connectivity index (χ1) is 10.9. The predicted molar refractivity (Wildman–Crippen MR) is 91.0 cm³/mol. The quantitative estimate of drug-likeness (QED) is 0.829. The number of benzene rings is 1. The first-order valence-electron chi connectivity index (χ1n) is 8.67. The number of hydrogen-bond acceptors (Lipinski definition) is 2. The van der Waals surface area contributed by atoms with Gasteiger partial charge in [0, 0.05) is 13.1 Å². The molecule has 0 N–H and O–H groups in total. The van der Waals surface area contributed by atoms with Crippen LogP contribution in [0.1, 0.15) is 63.5 Å². The molecule has 1 aliphatic carbocycles. The third-order valence-electron chi connectivity index (χ3n) is 5.40. The minimum Gasteiger partial charge on any atom is -0.341 e. The second kappa shape index (κ2) is 5.67. The minimum atomic E-state index is -0.665. The Morgan fingerprint density at radius 1 is 1.17 bits per heavy atom. The summed E-state index contributed by atoms with van der Waals surface area (Å²) in [5, 5.41) is 9.18. The van der Waals surface area contributed by atoms with Crippen molar-refractivity contribution in [3.8, 4) is 6.07 Å². The fourth-order valence-electron chi connectivity index (χ4n) is 3.47. The van der Waals surface area contributed by atoms with Gasteiger partial charge in [0.15, 0.2) is 0 Å². The Morgan fingerprint density at radius 2 is 1.74 bits per heavy atom. The number of rotatable bonds is 2. The largest absolute Gasteiger partial charge is 0.341 e. The molecule has 1 aromatic rings. The molecule has 0 bridgehead atoms. The molecule has 1 amide bonds. The maximum absolute atomic E-state index is 12.4. The maximum Gasteiger partial charge on any atom is 0.243 e. The second-order valence-electron chi connectivity index (χ2n) is 8.13. The zero-order valence-electron chi connectivity index (χ0n) is 14.4. The van der Waals surface area contributed by atoms with Gasteiger partial charge in [0.2, 0.25) is 5.91 Å². The summed E-state index contributed by atoms with van der Waals surface area (Å²) in [5.41, 5.74) is 2.26. The summed E-state index contributed by atoms with van der Waals surface area (Å²) in [7, 11) is 0. The molecule has 23 heavy (non-hydrogen) atoms. The smallest absolute Gasteiger partial charge is 0.243 e. The first kappa shape index (κ1) is 16.1. The van der Waals surface area contributed by atoms with Gasteiger partial charge in [0.1, 0.15) is 5.41 Å². The number of carbonyl (C=O) groups is 1. The number of hydrogen-bond donors (Lipinski definition) is 0. The van der Waals surface area contributed by atoms with Crippen molar-refractivity contribution >= 4 is 5.91 Å². The van der Waals surface area contributed by atoms with E-state index in [1.807, 2.05) is 4.90 Å². The van der Waals surface area contributed by atoms with Crippen LogP contribution >= 0.6 is 0 Å². The Bertz CT molecular complexity index is 621. The highest BCUT2D eigenvalue weighted by atomic mass is 16.2. The summed E-state index contributed by atoms with van der Waals surface area (Å²) in [4.78, 5) is 14.3. The van der Waals surface area contributed by atoms with Gasteiger partial charge in [0.05, 0.1) is 6.07 Å². The number of nitriles is 1. The van der Waals surface area contributed by atoms with E-state index in [0.29, 0.717) is 5.92 Å². The van der Waals surface area contributed by atoms with Gasteiger partial charge < -0.3 is 4.90 Å². The molecule has 2 fully saturated rings. The molecule has 0 radical (unpaired) electrons. The highest BCUT2D eigenvalue weighted by Gasteiger charge is 2.52. The van der Waals surface area contributed by atoms with Gasteiger partial charge in [-0.25, -0.2) is 0 Å². The van der Waals surface area contributed by atoms with Crippen LogP contribution in [0.15, 0.2) is 24.3 Å². The molecule has 3 rings (SSSR count). The van der Waals surface area contributed by atoms with E-state index >= 15 is 0 Å². The molecule has 3 heteroatoms. The van der Waals surface area contributed by atoms with Crippen LogP contribution in [-0.4, -0.2) is 23.9 Å². The SMILES string of the molecule is CC(C)(C)c1ccc(C2CCN(C(=O)C3(C#N)CC3)CC2)cc1. The van der Waals surface area contributed by atoms with E-state index in [1.54, 1.807) is 0 Å². The first-order valence-corrected chi connectivity index (χ1v) is 8.67. The van der Waals surface area contributed by atoms with E-state index in [4.69, 9.17) is 0 Å². The Kier molecular flexibility index (Phi) is 3.96. The summed E-state index contributed by atoms with van der Waals surface area (Å²) in [6.07, 6.45) is 3.50. The fraction of sp³-hybridized carbons (Fsp3) is 0.600. The van der Waals surface area contributed by atoms with Crippen LogP contribution in [0.5, 0.6) is 0 Å². The number of nitrogens with zero attached hydrogens (tertiary/aromatic N) is 2. The van der Waals surface area contributed by atoms with E-state index in [0.717, 1.165) is 38.8 Å². The van der Waals surface area contributed by atoms with Crippen LogP contribution in [0.3, 0.4) is 0 Å². The molecule has 1 saturated heterocycles. The molecule has 1 heterocycles. The van der Waals surface area contributed by atoms with Gasteiger partial charge in [-0.3, -0.25) is 4.79 Å². The third-order valence-corrected chi connectivity index (χ3v) is 5.40. The predicted octanol–water partition coefficient (Wildman–Crippen LogP) is 3.99. The van der Waals surface area contributed by atoms with Crippen molar-refractivity contribution in [2.75, 3.05) is 13.1 Å². The molecular weight excluding hydrogens is 284 g/mol. The molecule has 0 spiro atoms. The van der Waals surface area contributed by atoms with E-state index in [1.165, 1.54) is 11.1 Å². The second-order valence-corrected chi connectivity index (χ2v) is 8.13. The van der Waals surface area contributed by atoms with E-state index in [2.05, 4.69) is 51.1 Å². The van der Waals surface area contributed by atoms with E-state index < -0.39 is 5.41 Å². The van der Waals surface area contributed by atoms with E-state index in [9.17, 15) is 10.1 Å². The van der Waals surface area contributed by atoms with Gasteiger partial charge in [-0.1, -0.05) is 45.0 Å². The third kappa shape index (κ3) is 3.13. The topological polar surface area (TPSA) is 44.1 Å². The van der Waals surface area contributed by atoms with Gasteiger partial charge in [-0.05, 0) is 48.1 Å². The zero-order valence-corrected chi connectivity index (χ0v) is 14.4. The van der Waals surface area contributed by atoms with Gasteiger partial charge in [-0.15, -0.1) is 0 Å². The molecular formula is C20H26N2O. The Labute approximate surface area is 139 Å². The molecule has 2 aliphatic rings. The van der Waals surface area contributed by atoms with Gasteiger partial charge in [0.25, 0.3) is 0 Å². The van der Waals surface area contributed by atoms with Crippen LogP contribution in [0, 0.1) is 16.7 Å². The lowest BCUT2D eigenvalue weighted by Gasteiger charge is -2.33. The van der Waals surface area contributed by atoms with Crippen LogP contribution in [0.4, 0.5) is 0 Å². The van der Waals surface area contributed by atoms with Crippen molar-refractivity contribution in [2.24, 2.45) is 5.41 Å². The number of likely N-dealkylation sites (tertiary alicyclic amines) is 1. The molecule has 0 unspecified atom stereocenters. The van der Waals surface area contributed by atoms with Crippen LogP contribution in [0.2, 0.25) is 0 Å². The van der Waals surface area contributed by atoms with Crippen LogP contribution in [0.25, 0.3) is 0 Å². The van der Waals surface area contributed by atoms with Crippen molar-refractivity contribution in [2.45, 2.75) is 57.8 Å². The molecule has 0 atom stereocenters. The molecule has 1 aliphatic heterocycles. The molecule has 1 aromatic carbocycles. The summed E-state index contributed by atoms with van der Waals surface area (Å²) in [6.45, 7) is 8.26. The summed E-state index contributed by atoms with van der Waals surface area (Å²) in [6, 6.07) is 11.2. The summed E-state index contributed by atoms with van der Waals surface area (Å²) >= 11 is 0. The molecule has 3 nitrogen and oxygen atoms in total. The van der Waals surface area contributed by atoms with Gasteiger partial charge >= 0.3 is 0 Å². The normalized spacial score (nSPS) is 20.9. The number of piperidine rings is 1. The average Bonchev–Trinajstić information content (AvgIpc) is 3.35. The lowest BCUT2D eigenvalue weighted by Crippen LogP contribution is -2.41. The van der Waals surface area contributed by atoms with Crippen LogP contribution < -0.4 is 0 Å². The number of carbonyl (C=O) groups excluding carboxylic acids is 1.